The molecule has 0 radical (unpaired) electrons. The maximum absolute atomic E-state index is 12.4. The highest BCUT2D eigenvalue weighted by Crippen LogP contribution is 2.13. The van der Waals surface area contributed by atoms with Gasteiger partial charge in [0, 0.05) is 6.92 Å². The highest BCUT2D eigenvalue weighted by molar-refractivity contribution is 8.08. The Morgan fingerprint density at radius 1 is 0.952 bits per heavy atom. The minimum Gasteiger partial charge on any atom is -0.292 e. The Balaban J connectivity index is 2.38. The van der Waals surface area contributed by atoms with Crippen LogP contribution in [0.2, 0.25) is 0 Å². The Hall–Kier alpha value is -2.47. The van der Waals surface area contributed by atoms with Crippen LogP contribution >= 0.6 is 0 Å². The van der Waals surface area contributed by atoms with Gasteiger partial charge in [-0.05, 0) is 24.3 Å². The van der Waals surface area contributed by atoms with Crippen LogP contribution in [0.25, 0.3) is 0 Å². The average Bonchev–Trinajstić information content (AvgIpc) is 2.49. The Morgan fingerprint density at radius 2 is 1.48 bits per heavy atom. The summed E-state index contributed by atoms with van der Waals surface area (Å²) >= 11 is 0. The number of nitrogens with zero attached hydrogens (tertiary/aromatic N) is 1. The first-order chi connectivity index (χ1) is 10.0. The summed E-state index contributed by atoms with van der Waals surface area (Å²) in [6, 6.07) is 16.5. The van der Waals surface area contributed by atoms with Crippen LogP contribution in [0.3, 0.4) is 0 Å². The number of hydrogen-bond acceptors (Lipinski definition) is 5. The van der Waals surface area contributed by atoms with Gasteiger partial charge in [0.1, 0.15) is 0 Å². The van der Waals surface area contributed by atoms with E-state index in [1.807, 2.05) is 6.07 Å². The van der Waals surface area contributed by atoms with Crippen LogP contribution in [0.1, 0.15) is 6.92 Å². The molecule has 108 valence electrons. The topological polar surface area (TPSA) is 75.6 Å². The quantitative estimate of drug-likeness (QED) is 0.535. The van der Waals surface area contributed by atoms with E-state index in [0.717, 1.165) is 0 Å². The Bertz CT molecular complexity index is 754. The first kappa shape index (κ1) is 14.9. The molecule has 0 amide bonds. The van der Waals surface area contributed by atoms with Crippen LogP contribution in [0.15, 0.2) is 70.7 Å². The lowest BCUT2D eigenvalue weighted by Crippen LogP contribution is -2.23. The fourth-order valence-corrected chi connectivity index (χ4v) is 2.95. The highest BCUT2D eigenvalue weighted by atomic mass is 32.2. The van der Waals surface area contributed by atoms with Gasteiger partial charge in [0.15, 0.2) is 5.78 Å². The standard InChI is InChI=1S/C15H14N2O3S/c1-12(18)15(17-16-13-8-4-2-5-9-13)21(19,20)14-10-6-3-7-11-14/h2-11,16H,1H3. The lowest BCUT2D eigenvalue weighted by atomic mass is 10.3. The molecule has 0 aliphatic heterocycles. The number of nitrogens with one attached hydrogen (secondary N) is 1. The number of hydrogen-bond donors (Lipinski definition) is 1. The zero-order valence-electron chi connectivity index (χ0n) is 11.4. The average molecular weight is 302 g/mol. The summed E-state index contributed by atoms with van der Waals surface area (Å²) in [7, 11) is -3.93. The van der Waals surface area contributed by atoms with Crippen LogP contribution in [-0.2, 0) is 14.6 Å². The van der Waals surface area contributed by atoms with E-state index >= 15 is 0 Å². The van der Waals surface area contributed by atoms with Crippen molar-refractivity contribution in [3.05, 3.63) is 60.7 Å². The monoisotopic (exact) mass is 302 g/mol. The van der Waals surface area contributed by atoms with E-state index in [4.69, 9.17) is 0 Å². The number of para-hydroxylation sites is 1. The molecule has 0 aromatic heterocycles. The molecule has 0 saturated carbocycles. The van der Waals surface area contributed by atoms with Crippen LogP contribution in [-0.4, -0.2) is 19.2 Å². The van der Waals surface area contributed by atoms with Gasteiger partial charge in [0.2, 0.25) is 14.9 Å². The largest absolute Gasteiger partial charge is 0.292 e. The van der Waals surface area contributed by atoms with Gasteiger partial charge in [0.25, 0.3) is 0 Å². The molecule has 0 spiro atoms. The van der Waals surface area contributed by atoms with Crippen LogP contribution < -0.4 is 5.43 Å². The van der Waals surface area contributed by atoms with Gasteiger partial charge in [-0.25, -0.2) is 8.42 Å². The van der Waals surface area contributed by atoms with Crippen molar-refractivity contribution >= 4 is 26.4 Å². The fourth-order valence-electron chi connectivity index (χ4n) is 1.67. The van der Waals surface area contributed by atoms with Crippen molar-refractivity contribution in [3.8, 4) is 0 Å². The van der Waals surface area contributed by atoms with Crippen molar-refractivity contribution in [2.75, 3.05) is 5.43 Å². The molecule has 0 unspecified atom stereocenters. The lowest BCUT2D eigenvalue weighted by Gasteiger charge is -2.06. The number of carbonyl (C=O) groups excluding carboxylic acids is 1. The molecular weight excluding hydrogens is 288 g/mol. The van der Waals surface area contributed by atoms with Gasteiger partial charge in [-0.2, -0.15) is 5.10 Å². The van der Waals surface area contributed by atoms with Gasteiger partial charge in [-0.1, -0.05) is 36.4 Å². The zero-order valence-corrected chi connectivity index (χ0v) is 12.2. The zero-order chi connectivity index (χ0) is 15.3. The molecule has 6 heteroatoms. The van der Waals surface area contributed by atoms with Crippen LogP contribution in [0.4, 0.5) is 5.69 Å². The maximum atomic E-state index is 12.4. The molecule has 0 atom stereocenters. The lowest BCUT2D eigenvalue weighted by molar-refractivity contribution is -0.110. The summed E-state index contributed by atoms with van der Waals surface area (Å²) < 4.78 is 24.8. The summed E-state index contributed by atoms with van der Waals surface area (Å²) in [5, 5.41) is 3.25. The molecule has 0 fully saturated rings. The molecule has 5 nitrogen and oxygen atoms in total. The molecule has 0 aliphatic carbocycles. The third-order valence-corrected chi connectivity index (χ3v) is 4.45. The number of sulfone groups is 1. The summed E-state index contributed by atoms with van der Waals surface area (Å²) in [5.74, 6) is -0.623. The summed E-state index contributed by atoms with van der Waals surface area (Å²) in [6.07, 6.45) is 0. The molecule has 2 aromatic rings. The third-order valence-electron chi connectivity index (χ3n) is 2.67. The second-order valence-electron chi connectivity index (χ2n) is 4.27. The second kappa shape index (κ2) is 6.32. The highest BCUT2D eigenvalue weighted by Gasteiger charge is 2.26. The predicted octanol–water partition coefficient (Wildman–Crippen LogP) is 2.47. The van der Waals surface area contributed by atoms with Gasteiger partial charge >= 0.3 is 0 Å². The number of hydrazone groups is 1. The number of ketones is 1. The van der Waals surface area contributed by atoms with Crippen molar-refractivity contribution in [2.24, 2.45) is 5.10 Å². The van der Waals surface area contributed by atoms with Crippen molar-refractivity contribution in [2.45, 2.75) is 11.8 Å². The smallest absolute Gasteiger partial charge is 0.229 e. The fraction of sp³-hybridized carbons (Fsp3) is 0.0667. The molecule has 1 N–H and O–H groups in total. The number of anilines is 1. The minimum atomic E-state index is -3.93. The molecular formula is C15H14N2O3S. The minimum absolute atomic E-state index is 0.0359. The Kier molecular flexibility index (Phi) is 4.49. The molecule has 21 heavy (non-hydrogen) atoms. The van der Waals surface area contributed by atoms with Crippen molar-refractivity contribution < 1.29 is 13.2 Å². The summed E-state index contributed by atoms with van der Waals surface area (Å²) in [4.78, 5) is 11.7. The first-order valence-electron chi connectivity index (χ1n) is 6.21. The van der Waals surface area contributed by atoms with E-state index < -0.39 is 20.7 Å². The van der Waals surface area contributed by atoms with Crippen molar-refractivity contribution in [1.29, 1.82) is 0 Å². The Labute approximate surface area is 123 Å². The van der Waals surface area contributed by atoms with E-state index in [9.17, 15) is 13.2 Å². The first-order valence-corrected chi connectivity index (χ1v) is 7.70. The normalized spacial score (nSPS) is 12.0. The number of rotatable bonds is 4. The van der Waals surface area contributed by atoms with E-state index in [2.05, 4.69) is 10.5 Å². The van der Waals surface area contributed by atoms with Crippen LogP contribution in [0, 0.1) is 0 Å². The number of carbonyl (C=O) groups is 1. The molecule has 0 aliphatic rings. The van der Waals surface area contributed by atoms with E-state index in [-0.39, 0.29) is 4.90 Å². The molecule has 2 aromatic carbocycles. The maximum Gasteiger partial charge on any atom is 0.229 e. The molecule has 0 heterocycles. The summed E-state index contributed by atoms with van der Waals surface area (Å²) in [6.45, 7) is 1.17. The third kappa shape index (κ3) is 3.55. The molecule has 2 rings (SSSR count). The Morgan fingerprint density at radius 3 is 2.00 bits per heavy atom. The summed E-state index contributed by atoms with van der Waals surface area (Å²) in [5.41, 5.74) is 3.19. The van der Waals surface area contributed by atoms with Crippen molar-refractivity contribution in [3.63, 3.8) is 0 Å². The van der Waals surface area contributed by atoms with Gasteiger partial charge < -0.3 is 0 Å². The van der Waals surface area contributed by atoms with Gasteiger partial charge in [-0.3, -0.25) is 10.2 Å². The van der Waals surface area contributed by atoms with E-state index in [1.165, 1.54) is 19.1 Å². The van der Waals surface area contributed by atoms with Crippen LogP contribution in [0.5, 0.6) is 0 Å². The number of benzene rings is 2. The SMILES string of the molecule is CC(=O)C(=NNc1ccccc1)S(=O)(=O)c1ccccc1. The van der Waals surface area contributed by atoms with Gasteiger partial charge in [-0.15, -0.1) is 0 Å². The van der Waals surface area contributed by atoms with Gasteiger partial charge in [0.05, 0.1) is 10.6 Å². The molecule has 0 bridgehead atoms. The number of Topliss-reactive ketones (excluding diaryl/α,β-unsaturated/α-hetero) is 1. The van der Waals surface area contributed by atoms with Crippen molar-refractivity contribution in [1.82, 2.24) is 0 Å². The van der Waals surface area contributed by atoms with E-state index in [0.29, 0.717) is 5.69 Å². The molecule has 0 saturated heterocycles. The van der Waals surface area contributed by atoms with E-state index in [1.54, 1.807) is 42.5 Å². The second-order valence-corrected chi connectivity index (χ2v) is 6.13. The predicted molar refractivity (Wildman–Crippen MR) is 81.8 cm³/mol.